The Morgan fingerprint density at radius 2 is 1.69 bits per heavy atom. The van der Waals surface area contributed by atoms with Gasteiger partial charge >= 0.3 is 0 Å². The molecule has 0 fully saturated rings. The molecule has 2 aromatic rings. The molecule has 0 saturated carbocycles. The number of anilines is 1. The summed E-state index contributed by atoms with van der Waals surface area (Å²) in [7, 11) is -3.46. The fourth-order valence-electron chi connectivity index (χ4n) is 2.35. The number of nitrogens with one attached hydrogen (secondary N) is 1. The summed E-state index contributed by atoms with van der Waals surface area (Å²) in [5, 5.41) is 2.74. The molecule has 0 saturated heterocycles. The van der Waals surface area contributed by atoms with Gasteiger partial charge in [-0.25, -0.2) is 8.42 Å². The number of ether oxygens (including phenoxy) is 1. The molecule has 0 aromatic heterocycles. The van der Waals surface area contributed by atoms with Crippen LogP contribution in [0.15, 0.2) is 54.6 Å². The van der Waals surface area contributed by atoms with Gasteiger partial charge in [0.15, 0.2) is 5.75 Å². The fourth-order valence-corrected chi connectivity index (χ4v) is 3.27. The van der Waals surface area contributed by atoms with Gasteiger partial charge in [0.2, 0.25) is 15.9 Å². The van der Waals surface area contributed by atoms with Crippen LogP contribution in [0.1, 0.15) is 13.8 Å². The quantitative estimate of drug-likeness (QED) is 0.767. The summed E-state index contributed by atoms with van der Waals surface area (Å²) in [6, 6.07) is 16.2. The van der Waals surface area contributed by atoms with E-state index in [0.29, 0.717) is 17.2 Å². The molecule has 2 aromatic carbocycles. The lowest BCUT2D eigenvalue weighted by Gasteiger charge is -2.21. The van der Waals surface area contributed by atoms with Gasteiger partial charge in [-0.1, -0.05) is 44.2 Å². The predicted molar refractivity (Wildman–Crippen MR) is 103 cm³/mol. The number of nitrogens with zero attached hydrogens (tertiary/aromatic N) is 1. The van der Waals surface area contributed by atoms with E-state index in [2.05, 4.69) is 5.32 Å². The van der Waals surface area contributed by atoms with Crippen molar-refractivity contribution in [1.29, 1.82) is 0 Å². The number of carbonyl (C=O) groups is 1. The molecule has 0 heterocycles. The Hall–Kier alpha value is -2.38. The number of para-hydroxylation sites is 3. The van der Waals surface area contributed by atoms with E-state index in [4.69, 9.17) is 4.74 Å². The maximum atomic E-state index is 12.4. The standard InChI is InChI=1S/C19H24N2O4S/c1-15(2)13-21(26(3,23)24)14-19(22)20-17-11-7-8-12-18(17)25-16-9-5-4-6-10-16/h4-12,15H,13-14H2,1-3H3,(H,20,22). The Bertz CT molecular complexity index is 836. The summed E-state index contributed by atoms with van der Waals surface area (Å²) >= 11 is 0. The van der Waals surface area contributed by atoms with Crippen LogP contribution in [0, 0.1) is 5.92 Å². The van der Waals surface area contributed by atoms with E-state index in [1.165, 1.54) is 4.31 Å². The maximum Gasteiger partial charge on any atom is 0.239 e. The van der Waals surface area contributed by atoms with Gasteiger partial charge in [-0.15, -0.1) is 0 Å². The number of benzene rings is 2. The van der Waals surface area contributed by atoms with Crippen molar-refractivity contribution in [1.82, 2.24) is 4.31 Å². The van der Waals surface area contributed by atoms with Gasteiger partial charge in [-0.2, -0.15) is 4.31 Å². The van der Waals surface area contributed by atoms with E-state index in [0.717, 1.165) is 6.26 Å². The number of hydrogen-bond acceptors (Lipinski definition) is 4. The first-order chi connectivity index (χ1) is 12.3. The van der Waals surface area contributed by atoms with Crippen LogP contribution in [0.5, 0.6) is 11.5 Å². The lowest BCUT2D eigenvalue weighted by atomic mass is 10.2. The molecule has 7 heteroatoms. The third kappa shape index (κ3) is 6.16. The number of amides is 1. The van der Waals surface area contributed by atoms with Crippen molar-refractivity contribution in [3.63, 3.8) is 0 Å². The third-order valence-electron chi connectivity index (χ3n) is 3.49. The van der Waals surface area contributed by atoms with Gasteiger partial charge in [0.05, 0.1) is 18.5 Å². The molecule has 0 aliphatic rings. The van der Waals surface area contributed by atoms with Crippen molar-refractivity contribution in [2.45, 2.75) is 13.8 Å². The molecule has 1 amide bonds. The molecular weight excluding hydrogens is 352 g/mol. The van der Waals surface area contributed by atoms with Gasteiger partial charge in [-0.3, -0.25) is 4.79 Å². The zero-order valence-electron chi connectivity index (χ0n) is 15.2. The number of sulfonamides is 1. The summed E-state index contributed by atoms with van der Waals surface area (Å²) in [4.78, 5) is 12.4. The number of rotatable bonds is 8. The highest BCUT2D eigenvalue weighted by molar-refractivity contribution is 7.88. The maximum absolute atomic E-state index is 12.4. The Balaban J connectivity index is 2.11. The van der Waals surface area contributed by atoms with Crippen molar-refractivity contribution < 1.29 is 17.9 Å². The average Bonchev–Trinajstić information content (AvgIpc) is 2.56. The zero-order chi connectivity index (χ0) is 19.2. The van der Waals surface area contributed by atoms with Gasteiger partial charge in [0.25, 0.3) is 0 Å². The minimum Gasteiger partial charge on any atom is -0.455 e. The lowest BCUT2D eigenvalue weighted by Crippen LogP contribution is -2.39. The van der Waals surface area contributed by atoms with Gasteiger partial charge in [0.1, 0.15) is 5.75 Å². The molecule has 1 N–H and O–H groups in total. The van der Waals surface area contributed by atoms with Crippen molar-refractivity contribution in [3.8, 4) is 11.5 Å². The molecule has 6 nitrogen and oxygen atoms in total. The van der Waals surface area contributed by atoms with Crippen molar-refractivity contribution in [2.24, 2.45) is 5.92 Å². The topological polar surface area (TPSA) is 75.7 Å². The van der Waals surface area contributed by atoms with Crippen LogP contribution in [-0.4, -0.2) is 38.0 Å². The molecular formula is C19H24N2O4S. The normalized spacial score (nSPS) is 11.6. The highest BCUT2D eigenvalue weighted by Crippen LogP contribution is 2.29. The van der Waals surface area contributed by atoms with Crippen LogP contribution in [0.3, 0.4) is 0 Å². The molecule has 0 spiro atoms. The fraction of sp³-hybridized carbons (Fsp3) is 0.316. The molecule has 2 rings (SSSR count). The Labute approximate surface area is 154 Å². The largest absolute Gasteiger partial charge is 0.455 e. The summed E-state index contributed by atoms with van der Waals surface area (Å²) < 4.78 is 30.7. The van der Waals surface area contributed by atoms with Crippen molar-refractivity contribution in [3.05, 3.63) is 54.6 Å². The van der Waals surface area contributed by atoms with Crippen LogP contribution in [-0.2, 0) is 14.8 Å². The molecule has 26 heavy (non-hydrogen) atoms. The smallest absolute Gasteiger partial charge is 0.239 e. The van der Waals surface area contributed by atoms with E-state index in [9.17, 15) is 13.2 Å². The Morgan fingerprint density at radius 3 is 2.31 bits per heavy atom. The van der Waals surface area contributed by atoms with Gasteiger partial charge in [0, 0.05) is 6.54 Å². The number of hydrogen-bond donors (Lipinski definition) is 1. The summed E-state index contributed by atoms with van der Waals surface area (Å²) in [5.41, 5.74) is 0.486. The first kappa shape index (κ1) is 19.9. The van der Waals surface area contributed by atoms with E-state index in [-0.39, 0.29) is 19.0 Å². The molecule has 0 aliphatic carbocycles. The average molecular weight is 376 g/mol. The molecule has 0 unspecified atom stereocenters. The monoisotopic (exact) mass is 376 g/mol. The van der Waals surface area contributed by atoms with E-state index in [1.807, 2.05) is 44.2 Å². The van der Waals surface area contributed by atoms with Gasteiger partial charge < -0.3 is 10.1 Å². The van der Waals surface area contributed by atoms with E-state index >= 15 is 0 Å². The van der Waals surface area contributed by atoms with Crippen LogP contribution >= 0.6 is 0 Å². The minimum absolute atomic E-state index is 0.117. The SMILES string of the molecule is CC(C)CN(CC(=O)Nc1ccccc1Oc1ccccc1)S(C)(=O)=O. The summed E-state index contributed by atoms with van der Waals surface area (Å²) in [6.07, 6.45) is 1.11. The van der Waals surface area contributed by atoms with Crippen LogP contribution in [0.2, 0.25) is 0 Å². The van der Waals surface area contributed by atoms with E-state index < -0.39 is 15.9 Å². The minimum atomic E-state index is -3.46. The number of carbonyl (C=O) groups excluding carboxylic acids is 1. The van der Waals surface area contributed by atoms with Crippen molar-refractivity contribution >= 4 is 21.6 Å². The summed E-state index contributed by atoms with van der Waals surface area (Å²) in [5.74, 6) is 0.833. The first-order valence-electron chi connectivity index (χ1n) is 8.32. The molecule has 0 atom stereocenters. The second kappa shape index (κ2) is 8.82. The lowest BCUT2D eigenvalue weighted by molar-refractivity contribution is -0.116. The van der Waals surface area contributed by atoms with Crippen molar-refractivity contribution in [2.75, 3.05) is 24.7 Å². The molecule has 140 valence electrons. The molecule has 0 radical (unpaired) electrons. The van der Waals surface area contributed by atoms with E-state index in [1.54, 1.807) is 24.3 Å². The third-order valence-corrected chi connectivity index (χ3v) is 4.71. The zero-order valence-corrected chi connectivity index (χ0v) is 16.0. The Kier molecular flexibility index (Phi) is 6.76. The molecule has 0 aliphatic heterocycles. The highest BCUT2D eigenvalue weighted by Gasteiger charge is 2.21. The second-order valence-electron chi connectivity index (χ2n) is 6.41. The second-order valence-corrected chi connectivity index (χ2v) is 8.39. The van der Waals surface area contributed by atoms with Crippen LogP contribution in [0.4, 0.5) is 5.69 Å². The van der Waals surface area contributed by atoms with Crippen LogP contribution < -0.4 is 10.1 Å². The summed E-state index contributed by atoms with van der Waals surface area (Å²) in [6.45, 7) is 3.85. The van der Waals surface area contributed by atoms with Crippen LogP contribution in [0.25, 0.3) is 0 Å². The Morgan fingerprint density at radius 1 is 1.08 bits per heavy atom. The molecule has 0 bridgehead atoms. The van der Waals surface area contributed by atoms with Gasteiger partial charge in [-0.05, 0) is 30.2 Å². The predicted octanol–water partition coefficient (Wildman–Crippen LogP) is 3.34. The highest BCUT2D eigenvalue weighted by atomic mass is 32.2. The first-order valence-corrected chi connectivity index (χ1v) is 10.2.